The number of nitrogens with one attached hydrogen (secondary N) is 1. The second-order valence-electron chi connectivity index (χ2n) is 5.89. The monoisotopic (exact) mass is 268 g/mol. The first kappa shape index (κ1) is 14.3. The first-order chi connectivity index (χ1) is 9.07. The average molecular weight is 268 g/mol. The molecular weight excluding hydrogens is 244 g/mol. The van der Waals surface area contributed by atoms with Crippen molar-refractivity contribution in [3.8, 4) is 0 Å². The van der Waals surface area contributed by atoms with Gasteiger partial charge in [-0.15, -0.1) is 0 Å². The zero-order chi connectivity index (χ0) is 13.9. The Morgan fingerprint density at radius 3 is 2.47 bits per heavy atom. The summed E-state index contributed by atoms with van der Waals surface area (Å²) in [7, 11) is 1.38. The third-order valence-electron chi connectivity index (χ3n) is 4.58. The fraction of sp³-hybridized carbons (Fsp3) is 0.857. The summed E-state index contributed by atoms with van der Waals surface area (Å²) in [4.78, 5) is 24.1. The van der Waals surface area contributed by atoms with Gasteiger partial charge >= 0.3 is 5.97 Å². The molecule has 1 amide bonds. The molecule has 0 aromatic heterocycles. The molecular formula is C14H24N2O3. The van der Waals surface area contributed by atoms with Crippen LogP contribution in [0.5, 0.6) is 0 Å². The molecule has 2 aliphatic carbocycles. The standard InChI is InChI=1S/C14H24N2O3/c1-19-13(18)14(7-2-3-8-14)16-12(17)9-10-5-4-6-11(10)15/h10-11H,2-9,15H2,1H3,(H,16,17)/t10-,11+/m0/s1. The molecule has 108 valence electrons. The number of rotatable bonds is 4. The molecule has 0 spiro atoms. The van der Waals surface area contributed by atoms with E-state index in [1.807, 2.05) is 0 Å². The quantitative estimate of drug-likeness (QED) is 0.748. The Bertz CT molecular complexity index is 351. The fourth-order valence-corrected chi connectivity index (χ4v) is 3.43. The van der Waals surface area contributed by atoms with E-state index in [4.69, 9.17) is 10.5 Å². The van der Waals surface area contributed by atoms with Gasteiger partial charge in [0.25, 0.3) is 0 Å². The smallest absolute Gasteiger partial charge is 0.331 e. The molecule has 19 heavy (non-hydrogen) atoms. The van der Waals surface area contributed by atoms with Crippen LogP contribution in [0.1, 0.15) is 51.4 Å². The van der Waals surface area contributed by atoms with Crippen molar-refractivity contribution in [3.63, 3.8) is 0 Å². The topological polar surface area (TPSA) is 81.4 Å². The van der Waals surface area contributed by atoms with E-state index in [1.54, 1.807) is 0 Å². The lowest BCUT2D eigenvalue weighted by atomic mass is 9.95. The Kier molecular flexibility index (Phi) is 4.45. The minimum Gasteiger partial charge on any atom is -0.467 e. The van der Waals surface area contributed by atoms with Gasteiger partial charge in [-0.1, -0.05) is 19.3 Å². The summed E-state index contributed by atoms with van der Waals surface area (Å²) in [6.45, 7) is 0. The maximum Gasteiger partial charge on any atom is 0.331 e. The Balaban J connectivity index is 1.94. The van der Waals surface area contributed by atoms with Crippen LogP contribution in [-0.2, 0) is 14.3 Å². The third kappa shape index (κ3) is 3.08. The zero-order valence-corrected chi connectivity index (χ0v) is 11.6. The molecule has 2 rings (SSSR count). The first-order valence-electron chi connectivity index (χ1n) is 7.22. The molecule has 0 unspecified atom stereocenters. The van der Waals surface area contributed by atoms with E-state index in [1.165, 1.54) is 7.11 Å². The molecule has 5 nitrogen and oxygen atoms in total. The van der Waals surface area contributed by atoms with Crippen molar-refractivity contribution in [1.29, 1.82) is 0 Å². The van der Waals surface area contributed by atoms with Crippen molar-refractivity contribution in [2.75, 3.05) is 7.11 Å². The molecule has 3 N–H and O–H groups in total. The van der Waals surface area contributed by atoms with Crippen LogP contribution in [0, 0.1) is 5.92 Å². The molecule has 2 atom stereocenters. The van der Waals surface area contributed by atoms with E-state index in [2.05, 4.69) is 5.32 Å². The first-order valence-corrected chi connectivity index (χ1v) is 7.22. The van der Waals surface area contributed by atoms with Crippen molar-refractivity contribution in [2.45, 2.75) is 62.9 Å². The number of carbonyl (C=O) groups excluding carboxylic acids is 2. The number of amides is 1. The summed E-state index contributed by atoms with van der Waals surface area (Å²) in [5, 5.41) is 2.92. The fourth-order valence-electron chi connectivity index (χ4n) is 3.43. The maximum absolute atomic E-state index is 12.2. The van der Waals surface area contributed by atoms with Gasteiger partial charge in [0.1, 0.15) is 5.54 Å². The number of methoxy groups -OCH3 is 1. The van der Waals surface area contributed by atoms with Crippen molar-refractivity contribution in [1.82, 2.24) is 5.32 Å². The van der Waals surface area contributed by atoms with Gasteiger partial charge in [0.05, 0.1) is 7.11 Å². The molecule has 0 heterocycles. The SMILES string of the molecule is COC(=O)C1(NC(=O)C[C@@H]2CCC[C@H]2N)CCCC1. The Morgan fingerprint density at radius 2 is 1.95 bits per heavy atom. The summed E-state index contributed by atoms with van der Waals surface area (Å²) in [5.41, 5.74) is 5.20. The molecule has 2 fully saturated rings. The highest BCUT2D eigenvalue weighted by molar-refractivity contribution is 5.88. The van der Waals surface area contributed by atoms with Crippen LogP contribution in [0.3, 0.4) is 0 Å². The normalized spacial score (nSPS) is 29.2. The minimum atomic E-state index is -0.783. The van der Waals surface area contributed by atoms with Crippen LogP contribution in [0.15, 0.2) is 0 Å². The molecule has 0 saturated heterocycles. The summed E-state index contributed by atoms with van der Waals surface area (Å²) in [6.07, 6.45) is 6.82. The van der Waals surface area contributed by atoms with Gasteiger partial charge in [-0.25, -0.2) is 4.79 Å². The van der Waals surface area contributed by atoms with Gasteiger partial charge in [-0.3, -0.25) is 4.79 Å². The van der Waals surface area contributed by atoms with Crippen LogP contribution < -0.4 is 11.1 Å². The van der Waals surface area contributed by atoms with Crippen LogP contribution in [0.4, 0.5) is 0 Å². The van der Waals surface area contributed by atoms with Gasteiger partial charge in [0.15, 0.2) is 0 Å². The van der Waals surface area contributed by atoms with E-state index < -0.39 is 5.54 Å². The van der Waals surface area contributed by atoms with Gasteiger partial charge in [0.2, 0.25) is 5.91 Å². The number of ether oxygens (including phenoxy) is 1. The molecule has 0 aliphatic heterocycles. The molecule has 0 aromatic carbocycles. The highest BCUT2D eigenvalue weighted by Gasteiger charge is 2.43. The number of hydrogen-bond donors (Lipinski definition) is 2. The Labute approximate surface area is 114 Å². The molecule has 2 aliphatic rings. The van der Waals surface area contributed by atoms with E-state index >= 15 is 0 Å². The molecule has 0 radical (unpaired) electrons. The van der Waals surface area contributed by atoms with Crippen molar-refractivity contribution >= 4 is 11.9 Å². The molecule has 2 saturated carbocycles. The summed E-state index contributed by atoms with van der Waals surface area (Å²) in [6, 6.07) is 0.128. The lowest BCUT2D eigenvalue weighted by molar-refractivity contribution is -0.150. The summed E-state index contributed by atoms with van der Waals surface area (Å²) < 4.78 is 4.85. The van der Waals surface area contributed by atoms with Gasteiger partial charge in [-0.2, -0.15) is 0 Å². The van der Waals surface area contributed by atoms with Gasteiger partial charge in [0, 0.05) is 12.5 Å². The summed E-state index contributed by atoms with van der Waals surface area (Å²) in [5.74, 6) is -0.111. The van der Waals surface area contributed by atoms with Crippen LogP contribution >= 0.6 is 0 Å². The predicted molar refractivity (Wildman–Crippen MR) is 71.3 cm³/mol. The van der Waals surface area contributed by atoms with Gasteiger partial charge < -0.3 is 15.8 Å². The minimum absolute atomic E-state index is 0.0605. The van der Waals surface area contributed by atoms with E-state index in [0.29, 0.717) is 19.3 Å². The molecule has 0 aromatic rings. The average Bonchev–Trinajstić information content (AvgIpc) is 3.00. The van der Waals surface area contributed by atoms with E-state index in [9.17, 15) is 9.59 Å². The summed E-state index contributed by atoms with van der Waals surface area (Å²) >= 11 is 0. The lowest BCUT2D eigenvalue weighted by Crippen LogP contribution is -2.53. The second-order valence-corrected chi connectivity index (χ2v) is 5.89. The highest BCUT2D eigenvalue weighted by atomic mass is 16.5. The van der Waals surface area contributed by atoms with Gasteiger partial charge in [-0.05, 0) is 31.6 Å². The van der Waals surface area contributed by atoms with Crippen LogP contribution in [-0.4, -0.2) is 30.6 Å². The van der Waals surface area contributed by atoms with Crippen LogP contribution in [0.25, 0.3) is 0 Å². The largest absolute Gasteiger partial charge is 0.467 e. The number of hydrogen-bond acceptors (Lipinski definition) is 4. The Hall–Kier alpha value is -1.10. The predicted octanol–water partition coefficient (Wildman–Crippen LogP) is 1.11. The Morgan fingerprint density at radius 1 is 1.26 bits per heavy atom. The van der Waals surface area contributed by atoms with E-state index in [-0.39, 0.29) is 23.8 Å². The lowest BCUT2D eigenvalue weighted by Gasteiger charge is -2.28. The van der Waals surface area contributed by atoms with Crippen LogP contribution in [0.2, 0.25) is 0 Å². The van der Waals surface area contributed by atoms with Crippen molar-refractivity contribution < 1.29 is 14.3 Å². The second kappa shape index (κ2) is 5.90. The number of nitrogens with two attached hydrogens (primary N) is 1. The van der Waals surface area contributed by atoms with Crippen molar-refractivity contribution in [3.05, 3.63) is 0 Å². The maximum atomic E-state index is 12.2. The molecule has 0 bridgehead atoms. The zero-order valence-electron chi connectivity index (χ0n) is 11.6. The third-order valence-corrected chi connectivity index (χ3v) is 4.58. The number of esters is 1. The van der Waals surface area contributed by atoms with E-state index in [0.717, 1.165) is 32.1 Å². The highest BCUT2D eigenvalue weighted by Crippen LogP contribution is 2.32. The number of carbonyl (C=O) groups is 2. The van der Waals surface area contributed by atoms with Crippen molar-refractivity contribution in [2.24, 2.45) is 11.7 Å². The molecule has 5 heteroatoms.